The molecular weight excluding hydrogens is 454 g/mol. The van der Waals surface area contributed by atoms with Crippen molar-refractivity contribution >= 4 is 41.0 Å². The van der Waals surface area contributed by atoms with Gasteiger partial charge in [-0.05, 0) is 29.8 Å². The van der Waals surface area contributed by atoms with Crippen molar-refractivity contribution in [1.29, 1.82) is 0 Å². The Labute approximate surface area is 195 Å². The molecule has 1 saturated heterocycles. The van der Waals surface area contributed by atoms with Crippen LogP contribution < -0.4 is 4.74 Å². The second-order valence-electron chi connectivity index (χ2n) is 7.14. The summed E-state index contributed by atoms with van der Waals surface area (Å²) in [5, 5.41) is -0.261. The smallest absolute Gasteiger partial charge is 0.303 e. The molecule has 0 unspecified atom stereocenters. The van der Waals surface area contributed by atoms with Crippen LogP contribution in [0.4, 0.5) is 0 Å². The third kappa shape index (κ3) is 8.17. The first kappa shape index (κ1) is 26.3. The number of hydrogen-bond donors (Lipinski definition) is 0. The molecule has 2 rings (SSSR count). The maximum atomic E-state index is 11.9. The van der Waals surface area contributed by atoms with Crippen molar-refractivity contribution in [2.75, 3.05) is 13.7 Å². The van der Waals surface area contributed by atoms with Crippen molar-refractivity contribution in [3.05, 3.63) is 29.8 Å². The van der Waals surface area contributed by atoms with Gasteiger partial charge in [0.15, 0.2) is 17.3 Å². The Bertz CT molecular complexity index is 886. The molecule has 1 heterocycles. The zero-order chi connectivity index (χ0) is 24.5. The van der Waals surface area contributed by atoms with Crippen LogP contribution in [0.3, 0.4) is 0 Å². The lowest BCUT2D eigenvalue weighted by atomic mass is 9.97. The Morgan fingerprint density at radius 2 is 1.58 bits per heavy atom. The van der Waals surface area contributed by atoms with E-state index in [-0.39, 0.29) is 11.7 Å². The summed E-state index contributed by atoms with van der Waals surface area (Å²) >= 11 is 0.847. The van der Waals surface area contributed by atoms with Gasteiger partial charge >= 0.3 is 17.9 Å². The Hall–Kier alpha value is -2.92. The fourth-order valence-corrected chi connectivity index (χ4v) is 4.06. The Balaban J connectivity index is 2.45. The SMILES string of the molecule is COc1ccc(C=N[C@@H]2[C@@H](OC(C)=O)[C@H](OC(C)=O)[C@H](COC(C)=O)O[C@H]2SC(C)=O)cc1. The molecule has 0 radical (unpaired) electrons. The fraction of sp³-hybridized carbons (Fsp3) is 0.500. The number of esters is 3. The molecule has 0 saturated carbocycles. The first-order valence-corrected chi connectivity index (χ1v) is 11.0. The van der Waals surface area contributed by atoms with E-state index in [0.717, 1.165) is 17.3 Å². The van der Waals surface area contributed by atoms with Crippen molar-refractivity contribution in [3.8, 4) is 5.75 Å². The van der Waals surface area contributed by atoms with Gasteiger partial charge in [-0.3, -0.25) is 24.2 Å². The van der Waals surface area contributed by atoms with E-state index in [2.05, 4.69) is 4.99 Å². The monoisotopic (exact) mass is 481 g/mol. The molecule has 0 aromatic heterocycles. The topological polar surface area (TPSA) is 127 Å². The van der Waals surface area contributed by atoms with E-state index >= 15 is 0 Å². The third-order valence-corrected chi connectivity index (χ3v) is 5.42. The van der Waals surface area contributed by atoms with Crippen LogP contribution in [0.25, 0.3) is 0 Å². The highest BCUT2D eigenvalue weighted by Crippen LogP contribution is 2.34. The standard InChI is InChI=1S/C22H27NO9S/c1-12(24)29-11-18-20(30-13(2)25)21(31-14(3)26)19(22(32-18)33-15(4)27)23-10-16-6-8-17(28-5)9-7-16/h6-10,18-22H,11H2,1-5H3/t18-,19+,20+,21+,22-/m0/s1. The predicted molar refractivity (Wildman–Crippen MR) is 119 cm³/mol. The van der Waals surface area contributed by atoms with Gasteiger partial charge in [-0.2, -0.15) is 0 Å². The Kier molecular flexibility index (Phi) is 9.86. The molecule has 180 valence electrons. The van der Waals surface area contributed by atoms with Crippen LogP contribution in [0.5, 0.6) is 5.75 Å². The van der Waals surface area contributed by atoms with Gasteiger partial charge in [0.2, 0.25) is 0 Å². The van der Waals surface area contributed by atoms with Gasteiger partial charge in [-0.1, -0.05) is 11.8 Å². The minimum atomic E-state index is -1.12. The van der Waals surface area contributed by atoms with Gasteiger partial charge in [0.05, 0.1) is 7.11 Å². The lowest BCUT2D eigenvalue weighted by Gasteiger charge is -2.43. The highest BCUT2D eigenvalue weighted by Gasteiger charge is 2.50. The molecule has 10 nitrogen and oxygen atoms in total. The van der Waals surface area contributed by atoms with E-state index in [4.69, 9.17) is 23.7 Å². The molecule has 1 aromatic rings. The maximum Gasteiger partial charge on any atom is 0.303 e. The normalized spacial score (nSPS) is 24.7. The van der Waals surface area contributed by atoms with Crippen LogP contribution >= 0.6 is 11.8 Å². The number of carbonyl (C=O) groups is 4. The summed E-state index contributed by atoms with van der Waals surface area (Å²) in [4.78, 5) is 51.5. The predicted octanol–water partition coefficient (Wildman–Crippen LogP) is 1.91. The van der Waals surface area contributed by atoms with Crippen molar-refractivity contribution < 1.29 is 42.9 Å². The van der Waals surface area contributed by atoms with Crippen molar-refractivity contribution in [2.45, 2.75) is 57.5 Å². The number of nitrogens with zero attached hydrogens (tertiary/aromatic N) is 1. The summed E-state index contributed by atoms with van der Waals surface area (Å²) in [6.45, 7) is 4.71. The average Bonchev–Trinajstić information content (AvgIpc) is 2.73. The number of thioether (sulfide) groups is 1. The van der Waals surface area contributed by atoms with Gasteiger partial charge in [-0.15, -0.1) is 0 Å². The zero-order valence-electron chi connectivity index (χ0n) is 19.0. The van der Waals surface area contributed by atoms with Gasteiger partial charge in [0, 0.05) is 33.9 Å². The average molecular weight is 482 g/mol. The van der Waals surface area contributed by atoms with Gasteiger partial charge in [-0.25, -0.2) is 0 Å². The summed E-state index contributed by atoms with van der Waals surface area (Å²) in [5.41, 5.74) is -0.177. The number of carbonyl (C=O) groups excluding carboxylic acids is 4. The highest BCUT2D eigenvalue weighted by molar-refractivity contribution is 8.14. The van der Waals surface area contributed by atoms with E-state index in [1.807, 2.05) is 0 Å². The molecule has 1 aromatic carbocycles. The largest absolute Gasteiger partial charge is 0.497 e. The van der Waals surface area contributed by atoms with E-state index in [1.54, 1.807) is 31.4 Å². The second kappa shape index (κ2) is 12.4. The molecule has 0 bridgehead atoms. The number of rotatable bonds is 8. The lowest BCUT2D eigenvalue weighted by molar-refractivity contribution is -0.208. The Morgan fingerprint density at radius 3 is 2.09 bits per heavy atom. The summed E-state index contributed by atoms with van der Waals surface area (Å²) in [7, 11) is 1.55. The minimum Gasteiger partial charge on any atom is -0.497 e. The molecule has 0 N–H and O–H groups in total. The zero-order valence-corrected chi connectivity index (χ0v) is 19.8. The fourth-order valence-electron chi connectivity index (χ4n) is 3.17. The number of ether oxygens (including phenoxy) is 5. The number of hydrogen-bond acceptors (Lipinski definition) is 11. The molecule has 5 atom stereocenters. The summed E-state index contributed by atoms with van der Waals surface area (Å²) in [5.74, 6) is -1.19. The van der Waals surface area contributed by atoms with Crippen molar-refractivity contribution in [3.63, 3.8) is 0 Å². The molecular formula is C22H27NO9S. The summed E-state index contributed by atoms with van der Waals surface area (Å²) in [6, 6.07) is 6.14. The molecule has 0 aliphatic carbocycles. The van der Waals surface area contributed by atoms with Crippen molar-refractivity contribution in [1.82, 2.24) is 0 Å². The maximum absolute atomic E-state index is 11.9. The molecule has 33 heavy (non-hydrogen) atoms. The van der Waals surface area contributed by atoms with Crippen molar-refractivity contribution in [2.24, 2.45) is 4.99 Å². The first-order valence-electron chi connectivity index (χ1n) is 10.1. The molecule has 11 heteroatoms. The first-order chi connectivity index (χ1) is 15.6. The van der Waals surface area contributed by atoms with Crippen LogP contribution in [-0.2, 0) is 38.1 Å². The number of benzene rings is 1. The van der Waals surface area contributed by atoms with Crippen LogP contribution in [0.15, 0.2) is 29.3 Å². The van der Waals surface area contributed by atoms with E-state index in [9.17, 15) is 19.2 Å². The number of aliphatic imine (C=N–C) groups is 1. The summed E-state index contributed by atoms with van der Waals surface area (Å²) < 4.78 is 27.1. The molecule has 1 aliphatic heterocycles. The highest BCUT2D eigenvalue weighted by atomic mass is 32.2. The van der Waals surface area contributed by atoms with E-state index in [0.29, 0.717) is 5.75 Å². The molecule has 1 aliphatic rings. The van der Waals surface area contributed by atoms with Crippen LogP contribution in [0.1, 0.15) is 33.3 Å². The Morgan fingerprint density at radius 1 is 0.970 bits per heavy atom. The molecule has 0 spiro atoms. The molecule has 0 amide bonds. The second-order valence-corrected chi connectivity index (χ2v) is 8.42. The molecule has 1 fully saturated rings. The minimum absolute atomic E-state index is 0.261. The van der Waals surface area contributed by atoms with E-state index < -0.39 is 47.7 Å². The van der Waals surface area contributed by atoms with Crippen LogP contribution in [-0.4, -0.2) is 72.7 Å². The lowest BCUT2D eigenvalue weighted by Crippen LogP contribution is -2.60. The van der Waals surface area contributed by atoms with Gasteiger partial charge in [0.25, 0.3) is 0 Å². The summed E-state index contributed by atoms with van der Waals surface area (Å²) in [6.07, 6.45) is -1.65. The van der Waals surface area contributed by atoms with Crippen LogP contribution in [0, 0.1) is 0 Å². The quantitative estimate of drug-likeness (QED) is 0.309. The number of methoxy groups -OCH3 is 1. The van der Waals surface area contributed by atoms with Gasteiger partial charge in [0.1, 0.15) is 29.9 Å². The van der Waals surface area contributed by atoms with Gasteiger partial charge < -0.3 is 23.7 Å². The van der Waals surface area contributed by atoms with Crippen LogP contribution in [0.2, 0.25) is 0 Å². The third-order valence-electron chi connectivity index (χ3n) is 4.46. The van der Waals surface area contributed by atoms with E-state index in [1.165, 1.54) is 33.9 Å².